The summed E-state index contributed by atoms with van der Waals surface area (Å²) < 4.78 is 4.28. The fraction of sp³-hybridized carbons (Fsp3) is 0.111. The number of carbonyl (C=O) groups excluding carboxylic acids is 2. The first-order chi connectivity index (χ1) is 6.11. The second kappa shape index (κ2) is 5.50. The summed E-state index contributed by atoms with van der Waals surface area (Å²) >= 11 is 0. The third-order valence-corrected chi connectivity index (χ3v) is 1.36. The molecule has 4 nitrogen and oxygen atoms in total. The van der Waals surface area contributed by atoms with Crippen LogP contribution in [0.1, 0.15) is 17.3 Å². The van der Waals surface area contributed by atoms with Crippen molar-refractivity contribution in [2.75, 3.05) is 0 Å². The third kappa shape index (κ3) is 3.26. The third-order valence-electron chi connectivity index (χ3n) is 1.36. The molecule has 0 spiro atoms. The molecular formula is C9H8O4Zn. The molecule has 14 heavy (non-hydrogen) atoms. The average Bonchev–Trinajstić information content (AvgIpc) is 2.03. The van der Waals surface area contributed by atoms with Crippen molar-refractivity contribution in [3.05, 3.63) is 29.8 Å². The Morgan fingerprint density at radius 2 is 1.86 bits per heavy atom. The molecule has 1 aromatic rings. The van der Waals surface area contributed by atoms with E-state index in [1.54, 1.807) is 12.1 Å². The Morgan fingerprint density at radius 1 is 1.29 bits per heavy atom. The van der Waals surface area contributed by atoms with Gasteiger partial charge in [0.2, 0.25) is 0 Å². The Labute approximate surface area is 93.6 Å². The second-order valence-corrected chi connectivity index (χ2v) is 2.40. The van der Waals surface area contributed by atoms with Gasteiger partial charge >= 0.3 is 11.9 Å². The van der Waals surface area contributed by atoms with Gasteiger partial charge in [-0.2, -0.15) is 0 Å². The van der Waals surface area contributed by atoms with Gasteiger partial charge in [-0.05, 0) is 12.1 Å². The van der Waals surface area contributed by atoms with E-state index in [1.165, 1.54) is 12.1 Å². The summed E-state index contributed by atoms with van der Waals surface area (Å²) in [5.74, 6) is -1.74. The molecule has 0 heterocycles. The zero-order chi connectivity index (χ0) is 9.84. The Hall–Kier alpha value is -1.22. The van der Waals surface area contributed by atoms with E-state index in [1.807, 2.05) is 0 Å². The number of benzene rings is 1. The summed E-state index contributed by atoms with van der Waals surface area (Å²) in [6.45, 7) is 1.12. The molecule has 0 aliphatic heterocycles. The number of para-hydroxylation sites is 1. The molecule has 0 aliphatic carbocycles. The van der Waals surface area contributed by atoms with Gasteiger partial charge in [0.05, 0.1) is 0 Å². The van der Waals surface area contributed by atoms with E-state index in [4.69, 9.17) is 0 Å². The minimum Gasteiger partial charge on any atom is -0.507 e. The van der Waals surface area contributed by atoms with E-state index in [0.29, 0.717) is 0 Å². The second-order valence-electron chi connectivity index (χ2n) is 2.40. The minimum atomic E-state index is -0.842. The van der Waals surface area contributed by atoms with Gasteiger partial charge in [0.1, 0.15) is 11.3 Å². The number of rotatable bonds is 1. The van der Waals surface area contributed by atoms with Crippen LogP contribution in [0.4, 0.5) is 0 Å². The molecule has 0 radical (unpaired) electrons. The Bertz CT molecular complexity index is 348. The van der Waals surface area contributed by atoms with Gasteiger partial charge in [0.15, 0.2) is 0 Å². The first-order valence-electron chi connectivity index (χ1n) is 3.62. The molecule has 0 unspecified atom stereocenters. The number of phenolic OH excluding ortho intramolecular Hbond substituents is 1. The largest absolute Gasteiger partial charge is 0.507 e. The molecule has 1 rings (SSSR count). The summed E-state index contributed by atoms with van der Waals surface area (Å²) in [6, 6.07) is 5.85. The molecule has 0 saturated heterocycles. The quantitative estimate of drug-likeness (QED) is 0.457. The van der Waals surface area contributed by atoms with E-state index in [9.17, 15) is 14.7 Å². The summed E-state index contributed by atoms with van der Waals surface area (Å²) in [5, 5.41) is 9.18. The molecule has 0 atom stereocenters. The van der Waals surface area contributed by atoms with Crippen LogP contribution in [-0.2, 0) is 29.0 Å². The predicted octanol–water partition coefficient (Wildman–Crippen LogP) is 1.09. The molecule has 0 aliphatic rings. The zero-order valence-corrected chi connectivity index (χ0v) is 10.7. The van der Waals surface area contributed by atoms with Crippen molar-refractivity contribution in [3.8, 4) is 5.75 Å². The Morgan fingerprint density at radius 3 is 2.36 bits per heavy atom. The van der Waals surface area contributed by atoms with E-state index >= 15 is 0 Å². The van der Waals surface area contributed by atoms with Crippen LogP contribution in [0.15, 0.2) is 24.3 Å². The van der Waals surface area contributed by atoms with Crippen LogP contribution in [0.3, 0.4) is 0 Å². The van der Waals surface area contributed by atoms with E-state index in [2.05, 4.69) is 4.74 Å². The summed E-state index contributed by atoms with van der Waals surface area (Å²) in [5.41, 5.74) is -0.0160. The van der Waals surface area contributed by atoms with Crippen molar-refractivity contribution < 1.29 is 38.9 Å². The Balaban J connectivity index is 0.00000169. The number of aromatic hydroxyl groups is 1. The average molecular weight is 246 g/mol. The normalized spacial score (nSPS) is 8.64. The standard InChI is InChI=1S/C9H8O4.Zn/c1-6(10)13-9(12)7-4-2-3-5-8(7)11;/h2-5,11H,1H3;. The van der Waals surface area contributed by atoms with Crippen LogP contribution >= 0.6 is 0 Å². The van der Waals surface area contributed by atoms with Gasteiger partial charge in [-0.3, -0.25) is 4.79 Å². The van der Waals surface area contributed by atoms with Crippen molar-refractivity contribution in [3.63, 3.8) is 0 Å². The summed E-state index contributed by atoms with van der Waals surface area (Å²) in [7, 11) is 0. The topological polar surface area (TPSA) is 63.6 Å². The fourth-order valence-corrected chi connectivity index (χ4v) is 0.832. The molecule has 1 aromatic carbocycles. The molecule has 5 heteroatoms. The number of hydrogen-bond acceptors (Lipinski definition) is 4. The molecule has 1 N–H and O–H groups in total. The maximum absolute atomic E-state index is 11.1. The van der Waals surface area contributed by atoms with E-state index in [0.717, 1.165) is 6.92 Å². The maximum Gasteiger partial charge on any atom is 0.349 e. The van der Waals surface area contributed by atoms with Crippen molar-refractivity contribution >= 4 is 11.9 Å². The van der Waals surface area contributed by atoms with Crippen LogP contribution in [0, 0.1) is 0 Å². The molecule has 70 valence electrons. The van der Waals surface area contributed by atoms with Crippen LogP contribution in [0.25, 0.3) is 0 Å². The van der Waals surface area contributed by atoms with Crippen LogP contribution in [0.2, 0.25) is 0 Å². The van der Waals surface area contributed by atoms with Crippen LogP contribution in [-0.4, -0.2) is 17.0 Å². The molecule has 0 saturated carbocycles. The monoisotopic (exact) mass is 244 g/mol. The first kappa shape index (κ1) is 12.8. The van der Waals surface area contributed by atoms with Gasteiger partial charge in [0.25, 0.3) is 0 Å². The minimum absolute atomic E-state index is 0. The summed E-state index contributed by atoms with van der Waals surface area (Å²) in [4.78, 5) is 21.5. The fourth-order valence-electron chi connectivity index (χ4n) is 0.832. The van der Waals surface area contributed by atoms with Gasteiger partial charge in [-0.1, -0.05) is 12.1 Å². The zero-order valence-electron chi connectivity index (χ0n) is 7.69. The number of ether oxygens (including phenoxy) is 1. The maximum atomic E-state index is 11.1. The molecule has 0 fully saturated rings. The number of hydrogen-bond donors (Lipinski definition) is 1. The van der Waals surface area contributed by atoms with Gasteiger partial charge < -0.3 is 9.84 Å². The van der Waals surface area contributed by atoms with Gasteiger partial charge in [-0.25, -0.2) is 4.79 Å². The van der Waals surface area contributed by atoms with Crippen molar-refractivity contribution in [2.45, 2.75) is 6.92 Å². The SMILES string of the molecule is CC(=O)OC(=O)c1ccccc1O.[Zn]. The number of phenols is 1. The van der Waals surface area contributed by atoms with Crippen LogP contribution < -0.4 is 0 Å². The van der Waals surface area contributed by atoms with E-state index in [-0.39, 0.29) is 30.8 Å². The first-order valence-corrected chi connectivity index (χ1v) is 3.62. The van der Waals surface area contributed by atoms with Gasteiger partial charge in [-0.15, -0.1) is 0 Å². The smallest absolute Gasteiger partial charge is 0.349 e. The van der Waals surface area contributed by atoms with Crippen molar-refractivity contribution in [1.29, 1.82) is 0 Å². The molecule has 0 aromatic heterocycles. The van der Waals surface area contributed by atoms with Crippen LogP contribution in [0.5, 0.6) is 5.75 Å². The van der Waals surface area contributed by atoms with Crippen molar-refractivity contribution in [2.24, 2.45) is 0 Å². The molecule has 0 bridgehead atoms. The van der Waals surface area contributed by atoms with E-state index < -0.39 is 11.9 Å². The molecule has 0 amide bonds. The van der Waals surface area contributed by atoms with Crippen molar-refractivity contribution in [1.82, 2.24) is 0 Å². The predicted molar refractivity (Wildman–Crippen MR) is 44.2 cm³/mol. The Kier molecular flexibility index (Phi) is 5.02. The van der Waals surface area contributed by atoms with Gasteiger partial charge in [0, 0.05) is 26.4 Å². The number of carbonyl (C=O) groups is 2. The molecular weight excluding hydrogens is 237 g/mol. The summed E-state index contributed by atoms with van der Waals surface area (Å²) in [6.07, 6.45) is 0. The number of esters is 2.